The maximum Gasteiger partial charge on any atom is 0.137 e. The summed E-state index contributed by atoms with van der Waals surface area (Å²) in [7, 11) is 1.78. The molecule has 0 aromatic heterocycles. The number of aryl methyl sites for hydroxylation is 1. The average Bonchev–Trinajstić information content (AvgIpc) is 3.08. The Morgan fingerprint density at radius 1 is 1.26 bits per heavy atom. The van der Waals surface area contributed by atoms with E-state index in [1.165, 1.54) is 66.1 Å². The summed E-state index contributed by atoms with van der Waals surface area (Å²) < 4.78 is 6.92. The van der Waals surface area contributed by atoms with E-state index in [0.717, 1.165) is 12.3 Å². The van der Waals surface area contributed by atoms with Gasteiger partial charge in [0.1, 0.15) is 5.75 Å². The summed E-state index contributed by atoms with van der Waals surface area (Å²) in [5, 5.41) is 0. The van der Waals surface area contributed by atoms with Crippen LogP contribution in [0, 0.1) is 0 Å². The van der Waals surface area contributed by atoms with Crippen LogP contribution in [-0.2, 0) is 18.3 Å². The molecular formula is C16H22BrNO. The summed E-state index contributed by atoms with van der Waals surface area (Å²) in [6, 6.07) is 2.39. The first-order valence-corrected chi connectivity index (χ1v) is 8.10. The molecule has 104 valence electrons. The Hall–Kier alpha value is -0.540. The summed E-state index contributed by atoms with van der Waals surface area (Å²) in [5.74, 6) is 1.04. The maximum absolute atomic E-state index is 6.15. The lowest BCUT2D eigenvalue weighted by Crippen LogP contribution is -2.32. The Balaban J connectivity index is 2.17. The van der Waals surface area contributed by atoms with Gasteiger partial charge in [-0.25, -0.2) is 0 Å². The van der Waals surface area contributed by atoms with Gasteiger partial charge in [-0.2, -0.15) is 0 Å². The van der Waals surface area contributed by atoms with Crippen LogP contribution in [0.2, 0.25) is 0 Å². The van der Waals surface area contributed by atoms with Crippen molar-refractivity contribution >= 4 is 15.9 Å². The van der Waals surface area contributed by atoms with E-state index in [9.17, 15) is 0 Å². The lowest BCUT2D eigenvalue weighted by atomic mass is 9.77. The Morgan fingerprint density at radius 3 is 2.63 bits per heavy atom. The topological polar surface area (TPSA) is 35.2 Å². The number of hydrogen-bond donors (Lipinski definition) is 1. The fraction of sp³-hybridized carbons (Fsp3) is 0.625. The highest BCUT2D eigenvalue weighted by Crippen LogP contribution is 2.49. The molecular weight excluding hydrogens is 302 g/mol. The minimum Gasteiger partial charge on any atom is -0.495 e. The van der Waals surface area contributed by atoms with Gasteiger partial charge in [-0.1, -0.05) is 18.9 Å². The predicted molar refractivity (Wildman–Crippen MR) is 81.9 cm³/mol. The summed E-state index contributed by atoms with van der Waals surface area (Å²) in [5.41, 5.74) is 10.6. The summed E-state index contributed by atoms with van der Waals surface area (Å²) >= 11 is 3.78. The maximum atomic E-state index is 6.15. The Morgan fingerprint density at radius 2 is 2.00 bits per heavy atom. The van der Waals surface area contributed by atoms with Gasteiger partial charge in [-0.3, -0.25) is 0 Å². The fourth-order valence-corrected chi connectivity index (χ4v) is 4.73. The van der Waals surface area contributed by atoms with Crippen molar-refractivity contribution in [1.29, 1.82) is 0 Å². The summed E-state index contributed by atoms with van der Waals surface area (Å²) in [4.78, 5) is 0. The molecule has 0 saturated heterocycles. The van der Waals surface area contributed by atoms with Gasteiger partial charge in [-0.05, 0) is 59.2 Å². The number of fused-ring (bicyclic) bond motifs is 1. The standard InChI is InChI=1S/C16H22BrNO/c1-19-15-13(16(10-18)7-2-3-8-16)9-11-5-4-6-12(11)14(15)17/h9H,2-8,10,18H2,1H3. The van der Waals surface area contributed by atoms with Gasteiger partial charge in [0, 0.05) is 17.5 Å². The molecule has 0 amide bonds. The molecule has 0 bridgehead atoms. The van der Waals surface area contributed by atoms with Crippen molar-refractivity contribution in [1.82, 2.24) is 0 Å². The van der Waals surface area contributed by atoms with Crippen molar-refractivity contribution in [2.75, 3.05) is 13.7 Å². The van der Waals surface area contributed by atoms with Gasteiger partial charge in [0.2, 0.25) is 0 Å². The molecule has 19 heavy (non-hydrogen) atoms. The number of nitrogens with two attached hydrogens (primary N) is 1. The zero-order valence-electron chi connectivity index (χ0n) is 11.6. The van der Waals surface area contributed by atoms with Gasteiger partial charge in [0.15, 0.2) is 0 Å². The molecule has 0 atom stereocenters. The number of benzene rings is 1. The molecule has 3 heteroatoms. The summed E-state index contributed by atoms with van der Waals surface area (Å²) in [6.45, 7) is 0.731. The van der Waals surface area contributed by atoms with Gasteiger partial charge in [0.05, 0.1) is 11.6 Å². The minimum atomic E-state index is 0.144. The van der Waals surface area contributed by atoms with Crippen LogP contribution in [0.5, 0.6) is 5.75 Å². The Kier molecular flexibility index (Phi) is 3.61. The average molecular weight is 324 g/mol. The first kappa shape index (κ1) is 13.4. The van der Waals surface area contributed by atoms with Gasteiger partial charge in [0.25, 0.3) is 0 Å². The molecule has 0 radical (unpaired) electrons. The highest BCUT2D eigenvalue weighted by atomic mass is 79.9. The second-order valence-corrected chi connectivity index (χ2v) is 6.75. The van der Waals surface area contributed by atoms with E-state index >= 15 is 0 Å². The molecule has 1 aromatic rings. The molecule has 2 N–H and O–H groups in total. The lowest BCUT2D eigenvalue weighted by Gasteiger charge is -2.31. The largest absolute Gasteiger partial charge is 0.495 e. The van der Waals surface area contributed by atoms with Crippen LogP contribution < -0.4 is 10.5 Å². The first-order valence-electron chi connectivity index (χ1n) is 7.30. The van der Waals surface area contributed by atoms with Crippen LogP contribution in [0.3, 0.4) is 0 Å². The van der Waals surface area contributed by atoms with E-state index in [4.69, 9.17) is 10.5 Å². The smallest absolute Gasteiger partial charge is 0.137 e. The third-order valence-corrected chi connectivity index (χ3v) is 5.85. The molecule has 2 nitrogen and oxygen atoms in total. The SMILES string of the molecule is COc1c(C2(CN)CCCC2)cc2c(c1Br)CCC2. The molecule has 0 heterocycles. The van der Waals surface area contributed by atoms with E-state index in [0.29, 0.717) is 0 Å². The van der Waals surface area contributed by atoms with E-state index in [1.54, 1.807) is 7.11 Å². The normalized spacial score (nSPS) is 20.6. The molecule has 1 aromatic carbocycles. The van der Waals surface area contributed by atoms with Crippen LogP contribution in [0.1, 0.15) is 48.8 Å². The van der Waals surface area contributed by atoms with Crippen LogP contribution >= 0.6 is 15.9 Å². The monoisotopic (exact) mass is 323 g/mol. The second-order valence-electron chi connectivity index (χ2n) is 5.95. The van der Waals surface area contributed by atoms with E-state index < -0.39 is 0 Å². The number of ether oxygens (including phenoxy) is 1. The highest BCUT2D eigenvalue weighted by Gasteiger charge is 2.38. The van der Waals surface area contributed by atoms with Crippen molar-refractivity contribution < 1.29 is 4.74 Å². The molecule has 3 rings (SSSR count). The van der Waals surface area contributed by atoms with Gasteiger partial charge in [-0.15, -0.1) is 0 Å². The molecule has 0 unspecified atom stereocenters. The third-order valence-electron chi connectivity index (χ3n) is 5.01. The molecule has 0 spiro atoms. The second kappa shape index (κ2) is 5.10. The van der Waals surface area contributed by atoms with E-state index in [2.05, 4.69) is 22.0 Å². The molecule has 2 aliphatic carbocycles. The number of halogens is 1. The zero-order chi connectivity index (χ0) is 13.5. The quantitative estimate of drug-likeness (QED) is 0.920. The van der Waals surface area contributed by atoms with Crippen molar-refractivity contribution in [3.8, 4) is 5.75 Å². The molecule has 0 aliphatic heterocycles. The van der Waals surface area contributed by atoms with Gasteiger partial charge < -0.3 is 10.5 Å². The first-order chi connectivity index (χ1) is 9.22. The minimum absolute atomic E-state index is 0.144. The number of methoxy groups -OCH3 is 1. The summed E-state index contributed by atoms with van der Waals surface area (Å²) in [6.07, 6.45) is 8.60. The zero-order valence-corrected chi connectivity index (χ0v) is 13.2. The number of rotatable bonds is 3. The van der Waals surface area contributed by atoms with Crippen LogP contribution in [0.15, 0.2) is 10.5 Å². The van der Waals surface area contributed by atoms with Crippen LogP contribution in [0.25, 0.3) is 0 Å². The number of hydrogen-bond acceptors (Lipinski definition) is 2. The van der Waals surface area contributed by atoms with Crippen molar-refractivity contribution in [3.05, 3.63) is 27.2 Å². The van der Waals surface area contributed by atoms with Crippen molar-refractivity contribution in [3.63, 3.8) is 0 Å². The van der Waals surface area contributed by atoms with Gasteiger partial charge >= 0.3 is 0 Å². The molecule has 2 aliphatic rings. The fourth-order valence-electron chi connectivity index (χ4n) is 3.90. The van der Waals surface area contributed by atoms with Crippen LogP contribution in [0.4, 0.5) is 0 Å². The highest BCUT2D eigenvalue weighted by molar-refractivity contribution is 9.10. The lowest BCUT2D eigenvalue weighted by molar-refractivity contribution is 0.375. The molecule has 1 fully saturated rings. The third kappa shape index (κ3) is 2.02. The predicted octanol–water partition coefficient (Wildman–Crippen LogP) is 3.72. The van der Waals surface area contributed by atoms with Crippen molar-refractivity contribution in [2.45, 2.75) is 50.4 Å². The Bertz CT molecular complexity index is 492. The van der Waals surface area contributed by atoms with Crippen molar-refractivity contribution in [2.24, 2.45) is 5.73 Å². The van der Waals surface area contributed by atoms with E-state index in [1.807, 2.05) is 0 Å². The van der Waals surface area contributed by atoms with Crippen LogP contribution in [-0.4, -0.2) is 13.7 Å². The molecule has 1 saturated carbocycles. The Labute approximate surface area is 123 Å². The van der Waals surface area contributed by atoms with E-state index in [-0.39, 0.29) is 5.41 Å².